The van der Waals surface area contributed by atoms with Gasteiger partial charge in [-0.25, -0.2) is 4.79 Å². The van der Waals surface area contributed by atoms with Crippen molar-refractivity contribution in [1.82, 2.24) is 10.0 Å². The molecule has 0 spiro atoms. The second-order valence-electron chi connectivity index (χ2n) is 4.50. The maximum absolute atomic E-state index is 11.7. The molecule has 6 nitrogen and oxygen atoms in total. The van der Waals surface area contributed by atoms with Gasteiger partial charge in [-0.1, -0.05) is 18.2 Å². The Balaban J connectivity index is 2.33. The number of amides is 1. The molecule has 0 saturated carbocycles. The van der Waals surface area contributed by atoms with Gasteiger partial charge in [0, 0.05) is 24.9 Å². The van der Waals surface area contributed by atoms with Crippen LogP contribution in [0.1, 0.15) is 12.5 Å². The number of esters is 1. The van der Waals surface area contributed by atoms with Crippen molar-refractivity contribution in [2.24, 2.45) is 0 Å². The summed E-state index contributed by atoms with van der Waals surface area (Å²) in [6.07, 6.45) is 1.78. The van der Waals surface area contributed by atoms with E-state index in [1.54, 1.807) is 6.07 Å². The maximum atomic E-state index is 11.7. The molecule has 0 fully saturated rings. The Bertz CT molecular complexity index is 648. The molecule has 0 radical (unpaired) electrons. The van der Waals surface area contributed by atoms with E-state index < -0.39 is 12.0 Å². The molecule has 20 heavy (non-hydrogen) atoms. The molecule has 0 aliphatic rings. The van der Waals surface area contributed by atoms with E-state index in [4.69, 9.17) is 0 Å². The Morgan fingerprint density at radius 2 is 2.10 bits per heavy atom. The standard InChI is InChI=1S/C14H16N2O4/c1-9(17)15-12(14(18)20-2)7-10-8-16(19)13-6-4-3-5-11(10)13/h3-6,8,12,19H,7H2,1-2H3,(H,15,17). The number of para-hydroxylation sites is 1. The van der Waals surface area contributed by atoms with E-state index in [0.29, 0.717) is 5.52 Å². The molecule has 1 atom stereocenters. The molecule has 2 aromatic rings. The van der Waals surface area contributed by atoms with Crippen molar-refractivity contribution < 1.29 is 19.5 Å². The van der Waals surface area contributed by atoms with Crippen molar-refractivity contribution in [3.63, 3.8) is 0 Å². The van der Waals surface area contributed by atoms with Crippen LogP contribution in [0.5, 0.6) is 0 Å². The van der Waals surface area contributed by atoms with Gasteiger partial charge < -0.3 is 15.3 Å². The second-order valence-corrected chi connectivity index (χ2v) is 4.50. The third-order valence-electron chi connectivity index (χ3n) is 3.06. The van der Waals surface area contributed by atoms with Crippen molar-refractivity contribution in [3.8, 4) is 0 Å². The van der Waals surface area contributed by atoms with Gasteiger partial charge in [0.15, 0.2) is 0 Å². The minimum atomic E-state index is -0.775. The lowest BCUT2D eigenvalue weighted by Gasteiger charge is -2.14. The SMILES string of the molecule is COC(=O)C(Cc1cn(O)c2ccccc12)NC(C)=O. The molecule has 0 aliphatic carbocycles. The topological polar surface area (TPSA) is 80.6 Å². The van der Waals surface area contributed by atoms with E-state index in [-0.39, 0.29) is 12.3 Å². The van der Waals surface area contributed by atoms with E-state index >= 15 is 0 Å². The minimum Gasteiger partial charge on any atom is -0.467 e. The van der Waals surface area contributed by atoms with Crippen LogP contribution < -0.4 is 5.32 Å². The lowest BCUT2D eigenvalue weighted by molar-refractivity contribution is -0.144. The molecule has 1 amide bonds. The predicted octanol–water partition coefficient (Wildman–Crippen LogP) is 1.10. The summed E-state index contributed by atoms with van der Waals surface area (Å²) in [6, 6.07) is 6.49. The fraction of sp³-hybridized carbons (Fsp3) is 0.286. The number of benzene rings is 1. The molecular weight excluding hydrogens is 260 g/mol. The van der Waals surface area contributed by atoms with Gasteiger partial charge in [-0.15, -0.1) is 0 Å². The highest BCUT2D eigenvalue weighted by Crippen LogP contribution is 2.21. The number of fused-ring (bicyclic) bond motifs is 1. The van der Waals surface area contributed by atoms with Gasteiger partial charge >= 0.3 is 5.97 Å². The van der Waals surface area contributed by atoms with E-state index in [1.807, 2.05) is 18.2 Å². The molecule has 0 bridgehead atoms. The Labute approximate surface area is 115 Å². The van der Waals surface area contributed by atoms with Gasteiger partial charge in [0.1, 0.15) is 6.04 Å². The summed E-state index contributed by atoms with van der Waals surface area (Å²) in [4.78, 5) is 22.8. The fourth-order valence-electron chi connectivity index (χ4n) is 2.20. The van der Waals surface area contributed by atoms with E-state index in [9.17, 15) is 14.8 Å². The number of aromatic nitrogens is 1. The third-order valence-corrected chi connectivity index (χ3v) is 3.06. The zero-order chi connectivity index (χ0) is 14.7. The van der Waals surface area contributed by atoms with Gasteiger partial charge in [0.25, 0.3) is 0 Å². The largest absolute Gasteiger partial charge is 0.467 e. The average molecular weight is 276 g/mol. The number of hydrogen-bond donors (Lipinski definition) is 2. The first kappa shape index (κ1) is 13.9. The quantitative estimate of drug-likeness (QED) is 0.647. The van der Waals surface area contributed by atoms with Crippen molar-refractivity contribution in [3.05, 3.63) is 36.0 Å². The smallest absolute Gasteiger partial charge is 0.328 e. The lowest BCUT2D eigenvalue weighted by atomic mass is 10.1. The number of ether oxygens (including phenoxy) is 1. The maximum Gasteiger partial charge on any atom is 0.328 e. The monoisotopic (exact) mass is 276 g/mol. The molecule has 106 valence electrons. The van der Waals surface area contributed by atoms with Gasteiger partial charge in [-0.05, 0) is 11.6 Å². The summed E-state index contributed by atoms with van der Waals surface area (Å²) >= 11 is 0. The normalized spacial score (nSPS) is 12.1. The third kappa shape index (κ3) is 2.74. The van der Waals surface area contributed by atoms with E-state index in [1.165, 1.54) is 20.2 Å². The van der Waals surface area contributed by atoms with Crippen molar-refractivity contribution in [2.75, 3.05) is 7.11 Å². The Morgan fingerprint density at radius 1 is 1.40 bits per heavy atom. The van der Waals surface area contributed by atoms with Crippen molar-refractivity contribution in [2.45, 2.75) is 19.4 Å². The second kappa shape index (κ2) is 5.64. The number of methoxy groups -OCH3 is 1. The number of nitrogens with zero attached hydrogens (tertiary/aromatic N) is 1. The highest BCUT2D eigenvalue weighted by molar-refractivity contribution is 5.87. The number of carbonyl (C=O) groups excluding carboxylic acids is 2. The lowest BCUT2D eigenvalue weighted by Crippen LogP contribution is -2.41. The summed E-state index contributed by atoms with van der Waals surface area (Å²) in [5, 5.41) is 13.2. The molecule has 1 aromatic carbocycles. The summed E-state index contributed by atoms with van der Waals surface area (Å²) in [5.74, 6) is -0.830. The van der Waals surface area contributed by atoms with Crippen molar-refractivity contribution in [1.29, 1.82) is 0 Å². The molecule has 0 saturated heterocycles. The molecular formula is C14H16N2O4. The number of nitrogens with one attached hydrogen (secondary N) is 1. The van der Waals surface area contributed by atoms with Crippen LogP contribution in [0, 0.1) is 0 Å². The predicted molar refractivity (Wildman–Crippen MR) is 72.4 cm³/mol. The molecule has 6 heteroatoms. The molecule has 1 unspecified atom stereocenters. The summed E-state index contributed by atoms with van der Waals surface area (Å²) < 4.78 is 5.69. The van der Waals surface area contributed by atoms with Gasteiger partial charge in [-0.2, -0.15) is 4.73 Å². The first-order chi connectivity index (χ1) is 9.52. The zero-order valence-electron chi connectivity index (χ0n) is 11.3. The molecule has 2 rings (SSSR count). The zero-order valence-corrected chi connectivity index (χ0v) is 11.3. The van der Waals surface area contributed by atoms with Crippen LogP contribution in [0.3, 0.4) is 0 Å². The van der Waals surface area contributed by atoms with Crippen molar-refractivity contribution >= 4 is 22.8 Å². The summed E-state index contributed by atoms with van der Waals surface area (Å²) in [6.45, 7) is 1.34. The molecule has 0 aliphatic heterocycles. The van der Waals surface area contributed by atoms with E-state index in [2.05, 4.69) is 10.1 Å². The van der Waals surface area contributed by atoms with Crippen LogP contribution in [0.15, 0.2) is 30.5 Å². The first-order valence-electron chi connectivity index (χ1n) is 6.16. The Hall–Kier alpha value is -2.50. The molecule has 1 heterocycles. The minimum absolute atomic E-state index is 0.250. The van der Waals surface area contributed by atoms with Crippen LogP contribution in [0.2, 0.25) is 0 Å². The number of rotatable bonds is 4. The first-order valence-corrected chi connectivity index (χ1v) is 6.16. The molecule has 1 aromatic heterocycles. The summed E-state index contributed by atoms with van der Waals surface area (Å²) in [5.41, 5.74) is 1.40. The fourth-order valence-corrected chi connectivity index (χ4v) is 2.20. The van der Waals surface area contributed by atoms with Crippen LogP contribution >= 0.6 is 0 Å². The number of carbonyl (C=O) groups is 2. The highest BCUT2D eigenvalue weighted by atomic mass is 16.5. The number of hydrogen-bond acceptors (Lipinski definition) is 4. The van der Waals surface area contributed by atoms with E-state index in [0.717, 1.165) is 15.7 Å². The molecule has 2 N–H and O–H groups in total. The van der Waals surface area contributed by atoms with Gasteiger partial charge in [0.05, 0.1) is 12.6 Å². The van der Waals surface area contributed by atoms with Crippen LogP contribution in [-0.2, 0) is 20.7 Å². The summed E-state index contributed by atoms with van der Waals surface area (Å²) in [7, 11) is 1.27. The van der Waals surface area contributed by atoms with Crippen LogP contribution in [0.25, 0.3) is 10.9 Å². The Kier molecular flexibility index (Phi) is 3.93. The van der Waals surface area contributed by atoms with Crippen LogP contribution in [-0.4, -0.2) is 35.0 Å². The Morgan fingerprint density at radius 3 is 2.75 bits per heavy atom. The van der Waals surface area contributed by atoms with Crippen LogP contribution in [0.4, 0.5) is 0 Å². The highest BCUT2D eigenvalue weighted by Gasteiger charge is 2.22. The average Bonchev–Trinajstić information content (AvgIpc) is 2.74. The van der Waals surface area contributed by atoms with Gasteiger partial charge in [-0.3, -0.25) is 4.79 Å². The van der Waals surface area contributed by atoms with Gasteiger partial charge in [0.2, 0.25) is 5.91 Å².